The maximum Gasteiger partial charge on any atom is 0.258 e. The number of likely N-dealkylation sites (N-methyl/N-ethyl adjacent to an activating group) is 1. The Morgan fingerprint density at radius 3 is 2.85 bits per heavy atom. The number of carbonyl (C=O) groups excluding carboxylic acids is 1. The highest BCUT2D eigenvalue weighted by atomic mass is 16.5. The number of nitrogens with zero attached hydrogens (tertiary/aromatic N) is 2. The third-order valence-electron chi connectivity index (χ3n) is 3.80. The van der Waals surface area contributed by atoms with Crippen molar-refractivity contribution < 1.29 is 9.53 Å². The zero-order chi connectivity index (χ0) is 14.7. The van der Waals surface area contributed by atoms with Gasteiger partial charge < -0.3 is 20.3 Å². The molecule has 5 nitrogen and oxygen atoms in total. The van der Waals surface area contributed by atoms with Crippen LogP contribution in [0.2, 0.25) is 0 Å². The van der Waals surface area contributed by atoms with Gasteiger partial charge in [0.1, 0.15) is 5.75 Å². The zero-order valence-electron chi connectivity index (χ0n) is 12.4. The monoisotopic (exact) mass is 277 g/mol. The van der Waals surface area contributed by atoms with Gasteiger partial charge in [0.15, 0.2) is 0 Å². The highest BCUT2D eigenvalue weighted by molar-refractivity contribution is 5.97. The molecule has 0 radical (unpaired) electrons. The normalized spacial score (nSPS) is 20.0. The number of nitrogens with two attached hydrogens (primary N) is 1. The van der Waals surface area contributed by atoms with E-state index in [4.69, 9.17) is 10.5 Å². The fourth-order valence-electron chi connectivity index (χ4n) is 2.62. The molecule has 1 fully saturated rings. The first-order chi connectivity index (χ1) is 9.56. The van der Waals surface area contributed by atoms with E-state index >= 15 is 0 Å². The van der Waals surface area contributed by atoms with E-state index in [1.54, 1.807) is 7.11 Å². The second-order valence-corrected chi connectivity index (χ2v) is 5.35. The molecule has 0 saturated carbocycles. The molecule has 0 aliphatic carbocycles. The molecule has 110 valence electrons. The Balaban J connectivity index is 2.28. The topological polar surface area (TPSA) is 58.8 Å². The van der Waals surface area contributed by atoms with Crippen molar-refractivity contribution >= 4 is 5.91 Å². The molecular formula is C15H23N3O2. The van der Waals surface area contributed by atoms with E-state index in [9.17, 15) is 4.79 Å². The average molecular weight is 277 g/mol. The van der Waals surface area contributed by atoms with Gasteiger partial charge in [-0.1, -0.05) is 11.6 Å². The van der Waals surface area contributed by atoms with Crippen LogP contribution >= 0.6 is 0 Å². The van der Waals surface area contributed by atoms with Crippen LogP contribution in [-0.2, 0) is 0 Å². The number of ether oxygens (including phenoxy) is 1. The molecule has 0 spiro atoms. The smallest absolute Gasteiger partial charge is 0.258 e. The number of hydrogen-bond donors (Lipinski definition) is 1. The van der Waals surface area contributed by atoms with Crippen molar-refractivity contribution in [2.45, 2.75) is 13.0 Å². The van der Waals surface area contributed by atoms with Crippen molar-refractivity contribution in [3.05, 3.63) is 29.3 Å². The van der Waals surface area contributed by atoms with Gasteiger partial charge in [0, 0.05) is 26.2 Å². The third-order valence-corrected chi connectivity index (χ3v) is 3.80. The van der Waals surface area contributed by atoms with E-state index in [0.717, 1.165) is 18.7 Å². The number of rotatable bonds is 3. The minimum Gasteiger partial charge on any atom is -0.496 e. The summed E-state index contributed by atoms with van der Waals surface area (Å²) in [5.41, 5.74) is 7.49. The summed E-state index contributed by atoms with van der Waals surface area (Å²) in [4.78, 5) is 16.9. The summed E-state index contributed by atoms with van der Waals surface area (Å²) in [7, 11) is 3.64. The number of amides is 1. The van der Waals surface area contributed by atoms with Crippen molar-refractivity contribution in [1.29, 1.82) is 0 Å². The van der Waals surface area contributed by atoms with Crippen LogP contribution in [0.25, 0.3) is 0 Å². The maximum atomic E-state index is 12.8. The van der Waals surface area contributed by atoms with Crippen LogP contribution in [-0.4, -0.2) is 62.1 Å². The fourth-order valence-corrected chi connectivity index (χ4v) is 2.62. The number of carbonyl (C=O) groups is 1. The minimum atomic E-state index is 0.00843. The molecule has 20 heavy (non-hydrogen) atoms. The van der Waals surface area contributed by atoms with Crippen LogP contribution in [0.15, 0.2) is 18.2 Å². The van der Waals surface area contributed by atoms with Crippen molar-refractivity contribution in [1.82, 2.24) is 9.80 Å². The van der Waals surface area contributed by atoms with Gasteiger partial charge in [0.2, 0.25) is 0 Å². The summed E-state index contributed by atoms with van der Waals surface area (Å²) in [6.07, 6.45) is 0. The number of benzene rings is 1. The van der Waals surface area contributed by atoms with Gasteiger partial charge in [-0.15, -0.1) is 0 Å². The predicted octanol–water partition coefficient (Wildman–Crippen LogP) is 0.719. The van der Waals surface area contributed by atoms with Crippen molar-refractivity contribution in [3.63, 3.8) is 0 Å². The molecule has 1 aliphatic heterocycles. The molecule has 1 amide bonds. The molecular weight excluding hydrogens is 254 g/mol. The largest absolute Gasteiger partial charge is 0.496 e. The third kappa shape index (κ3) is 2.94. The number of methoxy groups -OCH3 is 1. The second kappa shape index (κ2) is 6.24. The van der Waals surface area contributed by atoms with Gasteiger partial charge in [-0.3, -0.25) is 4.79 Å². The first-order valence-electron chi connectivity index (χ1n) is 6.91. The molecule has 1 aromatic rings. The average Bonchev–Trinajstić information content (AvgIpc) is 2.46. The molecule has 1 saturated heterocycles. The first kappa shape index (κ1) is 14.8. The number of aryl methyl sites for hydroxylation is 1. The Morgan fingerprint density at radius 1 is 1.45 bits per heavy atom. The van der Waals surface area contributed by atoms with Gasteiger partial charge in [0.05, 0.1) is 18.7 Å². The SMILES string of the molecule is COc1ccc(C)cc1C(=O)N1CCN(C)CC1CN. The van der Waals surface area contributed by atoms with Crippen LogP contribution < -0.4 is 10.5 Å². The minimum absolute atomic E-state index is 0.00843. The fraction of sp³-hybridized carbons (Fsp3) is 0.533. The summed E-state index contributed by atoms with van der Waals surface area (Å²) in [5, 5.41) is 0. The molecule has 2 N–H and O–H groups in total. The molecule has 0 aromatic heterocycles. The Kier molecular flexibility index (Phi) is 4.62. The molecule has 1 aromatic carbocycles. The maximum absolute atomic E-state index is 12.8. The Labute approximate surface area is 120 Å². The Hall–Kier alpha value is -1.59. The van der Waals surface area contributed by atoms with Crippen LogP contribution in [0.4, 0.5) is 0 Å². The second-order valence-electron chi connectivity index (χ2n) is 5.35. The Bertz CT molecular complexity index is 490. The first-order valence-corrected chi connectivity index (χ1v) is 6.91. The molecule has 1 unspecified atom stereocenters. The lowest BCUT2D eigenvalue weighted by atomic mass is 10.1. The van der Waals surface area contributed by atoms with Crippen LogP contribution in [0, 0.1) is 6.92 Å². The van der Waals surface area contributed by atoms with Gasteiger partial charge in [0.25, 0.3) is 5.91 Å². The quantitative estimate of drug-likeness (QED) is 0.884. The lowest BCUT2D eigenvalue weighted by Gasteiger charge is -2.39. The van der Waals surface area contributed by atoms with E-state index in [-0.39, 0.29) is 11.9 Å². The molecule has 1 aliphatic rings. The summed E-state index contributed by atoms with van der Waals surface area (Å²) < 4.78 is 5.31. The van der Waals surface area contributed by atoms with Crippen LogP contribution in [0.1, 0.15) is 15.9 Å². The van der Waals surface area contributed by atoms with Gasteiger partial charge in [-0.05, 0) is 26.1 Å². The Morgan fingerprint density at radius 2 is 2.20 bits per heavy atom. The summed E-state index contributed by atoms with van der Waals surface area (Å²) in [6.45, 7) is 4.84. The lowest BCUT2D eigenvalue weighted by Crippen LogP contribution is -2.56. The highest BCUT2D eigenvalue weighted by Gasteiger charge is 2.30. The van der Waals surface area contributed by atoms with Crippen molar-refractivity contribution in [2.24, 2.45) is 5.73 Å². The predicted molar refractivity (Wildman–Crippen MR) is 79.1 cm³/mol. The lowest BCUT2D eigenvalue weighted by molar-refractivity contribution is 0.0513. The van der Waals surface area contributed by atoms with Gasteiger partial charge in [-0.25, -0.2) is 0 Å². The molecule has 2 rings (SSSR count). The highest BCUT2D eigenvalue weighted by Crippen LogP contribution is 2.23. The van der Waals surface area contributed by atoms with E-state index < -0.39 is 0 Å². The summed E-state index contributed by atoms with van der Waals surface area (Å²) >= 11 is 0. The van der Waals surface area contributed by atoms with Crippen LogP contribution in [0.3, 0.4) is 0 Å². The number of hydrogen-bond acceptors (Lipinski definition) is 4. The summed E-state index contributed by atoms with van der Waals surface area (Å²) in [5.74, 6) is 0.629. The molecule has 1 atom stereocenters. The molecule has 5 heteroatoms. The van der Waals surface area contributed by atoms with Crippen LogP contribution in [0.5, 0.6) is 5.75 Å². The van der Waals surface area contributed by atoms with E-state index in [2.05, 4.69) is 11.9 Å². The molecule has 0 bridgehead atoms. The van der Waals surface area contributed by atoms with Gasteiger partial charge >= 0.3 is 0 Å². The molecule has 1 heterocycles. The summed E-state index contributed by atoms with van der Waals surface area (Å²) in [6, 6.07) is 5.73. The van der Waals surface area contributed by atoms with E-state index in [0.29, 0.717) is 24.4 Å². The van der Waals surface area contributed by atoms with E-state index in [1.165, 1.54) is 0 Å². The standard InChI is InChI=1S/C15H23N3O2/c1-11-4-5-14(20-3)13(8-11)15(19)18-7-6-17(2)10-12(18)9-16/h4-5,8,12H,6-7,9-10,16H2,1-3H3. The zero-order valence-corrected chi connectivity index (χ0v) is 12.4. The van der Waals surface area contributed by atoms with Gasteiger partial charge in [-0.2, -0.15) is 0 Å². The van der Waals surface area contributed by atoms with Crippen molar-refractivity contribution in [2.75, 3.05) is 40.3 Å². The van der Waals surface area contributed by atoms with E-state index in [1.807, 2.05) is 30.0 Å². The number of piperazine rings is 1. The van der Waals surface area contributed by atoms with Crippen molar-refractivity contribution in [3.8, 4) is 5.75 Å².